The van der Waals surface area contributed by atoms with Gasteiger partial charge in [-0.15, -0.1) is 0 Å². The Kier molecular flexibility index (Phi) is 4.37. The largest absolute Gasteiger partial charge is 0.396 e. The highest BCUT2D eigenvalue weighted by Crippen LogP contribution is 2.28. The molecule has 0 atom stereocenters. The van der Waals surface area contributed by atoms with Crippen molar-refractivity contribution in [3.8, 4) is 0 Å². The third-order valence-electron chi connectivity index (χ3n) is 3.89. The highest BCUT2D eigenvalue weighted by Gasteiger charge is 2.21. The molecule has 0 aromatic heterocycles. The molecule has 0 saturated heterocycles. The summed E-state index contributed by atoms with van der Waals surface area (Å²) in [5, 5.41) is 23.3. The number of nitro benzene ring substituents is 1. The van der Waals surface area contributed by atoms with Gasteiger partial charge in [-0.1, -0.05) is 0 Å². The average Bonchev–Trinajstić information content (AvgIpc) is 2.41. The Morgan fingerprint density at radius 2 is 2.05 bits per heavy atom. The second kappa shape index (κ2) is 6.02. The van der Waals surface area contributed by atoms with Gasteiger partial charge in [0.1, 0.15) is 0 Å². The number of hydrogen-bond acceptors (Lipinski definition) is 4. The van der Waals surface area contributed by atoms with E-state index in [1.54, 1.807) is 12.1 Å². The molecule has 1 aliphatic rings. The van der Waals surface area contributed by atoms with Crippen molar-refractivity contribution in [2.24, 2.45) is 5.92 Å². The van der Waals surface area contributed by atoms with Crippen molar-refractivity contribution in [3.05, 3.63) is 33.9 Å². The minimum absolute atomic E-state index is 0.132. The molecule has 2 rings (SSSR count). The van der Waals surface area contributed by atoms with E-state index in [1.807, 2.05) is 6.92 Å². The fraction of sp³-hybridized carbons (Fsp3) is 0.571. The molecule has 0 amide bonds. The predicted octanol–water partition coefficient (Wildman–Crippen LogP) is 2.87. The molecule has 0 bridgehead atoms. The first-order valence-corrected chi connectivity index (χ1v) is 6.72. The van der Waals surface area contributed by atoms with Crippen LogP contribution in [-0.4, -0.2) is 22.7 Å². The summed E-state index contributed by atoms with van der Waals surface area (Å²) in [6.45, 7) is 2.16. The fourth-order valence-electron chi connectivity index (χ4n) is 2.63. The number of anilines is 1. The van der Waals surface area contributed by atoms with Gasteiger partial charge in [0, 0.05) is 30.5 Å². The van der Waals surface area contributed by atoms with Crippen LogP contribution in [0.15, 0.2) is 18.2 Å². The molecule has 0 radical (unpaired) electrons. The van der Waals surface area contributed by atoms with Gasteiger partial charge in [0.15, 0.2) is 0 Å². The molecule has 1 saturated carbocycles. The van der Waals surface area contributed by atoms with E-state index < -0.39 is 0 Å². The van der Waals surface area contributed by atoms with E-state index in [2.05, 4.69) is 5.32 Å². The van der Waals surface area contributed by atoms with Crippen molar-refractivity contribution in [3.63, 3.8) is 0 Å². The Labute approximate surface area is 112 Å². The molecule has 0 spiro atoms. The lowest BCUT2D eigenvalue weighted by molar-refractivity contribution is -0.384. The first-order valence-electron chi connectivity index (χ1n) is 6.72. The highest BCUT2D eigenvalue weighted by atomic mass is 16.6. The van der Waals surface area contributed by atoms with E-state index in [-0.39, 0.29) is 17.2 Å². The van der Waals surface area contributed by atoms with Gasteiger partial charge >= 0.3 is 0 Å². The van der Waals surface area contributed by atoms with Gasteiger partial charge in [0.05, 0.1) is 4.92 Å². The first-order chi connectivity index (χ1) is 9.10. The SMILES string of the molecule is Cc1cc([N+](=O)[O-])ccc1NC1CCC(CO)CC1. The lowest BCUT2D eigenvalue weighted by Crippen LogP contribution is -2.27. The summed E-state index contributed by atoms with van der Waals surface area (Å²) in [4.78, 5) is 10.3. The molecule has 2 N–H and O–H groups in total. The molecule has 1 fully saturated rings. The van der Waals surface area contributed by atoms with Crippen LogP contribution >= 0.6 is 0 Å². The number of aliphatic hydroxyl groups is 1. The molecular formula is C14H20N2O3. The Morgan fingerprint density at radius 1 is 1.37 bits per heavy atom. The molecule has 1 aliphatic carbocycles. The number of nitro groups is 1. The van der Waals surface area contributed by atoms with Gasteiger partial charge in [-0.3, -0.25) is 10.1 Å². The molecule has 1 aromatic rings. The number of rotatable bonds is 4. The number of aliphatic hydroxyl groups excluding tert-OH is 1. The number of nitrogens with zero attached hydrogens (tertiary/aromatic N) is 1. The van der Waals surface area contributed by atoms with Crippen LogP contribution in [0, 0.1) is 23.0 Å². The Balaban J connectivity index is 1.98. The van der Waals surface area contributed by atoms with Crippen LogP contribution in [-0.2, 0) is 0 Å². The molecule has 1 aromatic carbocycles. The van der Waals surface area contributed by atoms with Crippen molar-refractivity contribution in [2.45, 2.75) is 38.6 Å². The Hall–Kier alpha value is -1.62. The lowest BCUT2D eigenvalue weighted by Gasteiger charge is -2.29. The number of benzene rings is 1. The summed E-state index contributed by atoms with van der Waals surface area (Å²) in [6.07, 6.45) is 4.17. The average molecular weight is 264 g/mol. The van der Waals surface area contributed by atoms with E-state index in [1.165, 1.54) is 6.07 Å². The number of nitrogens with one attached hydrogen (secondary N) is 1. The molecule has 5 heteroatoms. The van der Waals surface area contributed by atoms with Crippen molar-refractivity contribution >= 4 is 11.4 Å². The normalized spacial score (nSPS) is 23.1. The maximum Gasteiger partial charge on any atom is 0.269 e. The van der Waals surface area contributed by atoms with E-state index in [9.17, 15) is 10.1 Å². The second-order valence-electron chi connectivity index (χ2n) is 5.30. The van der Waals surface area contributed by atoms with E-state index in [0.717, 1.165) is 36.9 Å². The first kappa shape index (κ1) is 13.8. The smallest absolute Gasteiger partial charge is 0.269 e. The summed E-state index contributed by atoms with van der Waals surface area (Å²) < 4.78 is 0. The Morgan fingerprint density at radius 3 is 2.58 bits per heavy atom. The minimum atomic E-state index is -0.372. The molecule has 104 valence electrons. The van der Waals surface area contributed by atoms with Crippen LogP contribution in [0.5, 0.6) is 0 Å². The molecular weight excluding hydrogens is 244 g/mol. The van der Waals surface area contributed by atoms with Gasteiger partial charge in [-0.05, 0) is 50.2 Å². The summed E-state index contributed by atoms with van der Waals surface area (Å²) in [5.74, 6) is 0.441. The van der Waals surface area contributed by atoms with E-state index in [0.29, 0.717) is 12.0 Å². The molecule has 0 aliphatic heterocycles. The van der Waals surface area contributed by atoms with Crippen LogP contribution in [0.4, 0.5) is 11.4 Å². The monoisotopic (exact) mass is 264 g/mol. The van der Waals surface area contributed by atoms with Gasteiger partial charge < -0.3 is 10.4 Å². The lowest BCUT2D eigenvalue weighted by atomic mass is 9.86. The topological polar surface area (TPSA) is 75.4 Å². The minimum Gasteiger partial charge on any atom is -0.396 e. The zero-order valence-corrected chi connectivity index (χ0v) is 11.1. The second-order valence-corrected chi connectivity index (χ2v) is 5.30. The van der Waals surface area contributed by atoms with Gasteiger partial charge in [0.25, 0.3) is 5.69 Å². The van der Waals surface area contributed by atoms with Crippen molar-refractivity contribution < 1.29 is 10.0 Å². The zero-order valence-electron chi connectivity index (χ0n) is 11.1. The molecule has 0 heterocycles. The van der Waals surface area contributed by atoms with Crippen LogP contribution in [0.25, 0.3) is 0 Å². The van der Waals surface area contributed by atoms with Crippen molar-refractivity contribution in [2.75, 3.05) is 11.9 Å². The number of aryl methyl sites for hydroxylation is 1. The Bertz CT molecular complexity index is 454. The summed E-state index contributed by atoms with van der Waals surface area (Å²) in [5.41, 5.74) is 2.00. The standard InChI is InChI=1S/C14H20N2O3/c1-10-8-13(16(18)19)6-7-14(10)15-12-4-2-11(9-17)3-5-12/h6-8,11-12,15,17H,2-5,9H2,1H3. The van der Waals surface area contributed by atoms with E-state index in [4.69, 9.17) is 5.11 Å². The molecule has 0 unspecified atom stereocenters. The zero-order chi connectivity index (χ0) is 13.8. The summed E-state index contributed by atoms with van der Waals surface area (Å²) in [6, 6.07) is 5.32. The predicted molar refractivity (Wildman–Crippen MR) is 74.3 cm³/mol. The maximum absolute atomic E-state index is 10.7. The number of non-ortho nitro benzene ring substituents is 1. The maximum atomic E-state index is 10.7. The third-order valence-corrected chi connectivity index (χ3v) is 3.89. The molecule has 5 nitrogen and oxygen atoms in total. The van der Waals surface area contributed by atoms with Gasteiger partial charge in [-0.25, -0.2) is 0 Å². The summed E-state index contributed by atoms with van der Waals surface area (Å²) in [7, 11) is 0. The third kappa shape index (κ3) is 3.44. The highest BCUT2D eigenvalue weighted by molar-refractivity contribution is 5.55. The van der Waals surface area contributed by atoms with Gasteiger partial charge in [-0.2, -0.15) is 0 Å². The van der Waals surface area contributed by atoms with Crippen molar-refractivity contribution in [1.29, 1.82) is 0 Å². The number of hydrogen-bond donors (Lipinski definition) is 2. The van der Waals surface area contributed by atoms with Gasteiger partial charge in [0.2, 0.25) is 0 Å². The molecule has 19 heavy (non-hydrogen) atoms. The van der Waals surface area contributed by atoms with Crippen LogP contribution < -0.4 is 5.32 Å². The van der Waals surface area contributed by atoms with Crippen molar-refractivity contribution in [1.82, 2.24) is 0 Å². The van der Waals surface area contributed by atoms with Crippen LogP contribution in [0.2, 0.25) is 0 Å². The quantitative estimate of drug-likeness (QED) is 0.647. The van der Waals surface area contributed by atoms with Crippen LogP contribution in [0.1, 0.15) is 31.2 Å². The van der Waals surface area contributed by atoms with E-state index >= 15 is 0 Å². The fourth-order valence-corrected chi connectivity index (χ4v) is 2.63. The summed E-state index contributed by atoms with van der Waals surface area (Å²) >= 11 is 0. The van der Waals surface area contributed by atoms with Crippen LogP contribution in [0.3, 0.4) is 0 Å².